The summed E-state index contributed by atoms with van der Waals surface area (Å²) < 4.78 is 0. The molecule has 1 N–H and O–H groups in total. The number of anilines is 1. The van der Waals surface area contributed by atoms with Gasteiger partial charge in [0.1, 0.15) is 0 Å². The van der Waals surface area contributed by atoms with E-state index in [-0.39, 0.29) is 0 Å². The van der Waals surface area contributed by atoms with Crippen molar-refractivity contribution in [2.75, 3.05) is 12.4 Å². The van der Waals surface area contributed by atoms with Gasteiger partial charge in [0.15, 0.2) is 5.13 Å². The number of benzene rings is 1. The molecule has 0 saturated heterocycles. The minimum absolute atomic E-state index is 0.621. The third-order valence-electron chi connectivity index (χ3n) is 1.93. The van der Waals surface area contributed by atoms with E-state index in [4.69, 9.17) is 23.2 Å². The maximum absolute atomic E-state index is 6.08. The van der Waals surface area contributed by atoms with Crippen molar-refractivity contribution in [1.29, 1.82) is 0 Å². The second-order valence-electron chi connectivity index (χ2n) is 2.91. The van der Waals surface area contributed by atoms with Gasteiger partial charge in [0.25, 0.3) is 0 Å². The van der Waals surface area contributed by atoms with Gasteiger partial charge < -0.3 is 5.32 Å². The molecule has 1 aromatic heterocycles. The summed E-state index contributed by atoms with van der Waals surface area (Å²) >= 11 is 13.4. The highest BCUT2D eigenvalue weighted by atomic mass is 35.5. The third kappa shape index (κ3) is 2.25. The lowest BCUT2D eigenvalue weighted by molar-refractivity contribution is 1.36. The number of thiazole rings is 1. The molecule has 0 aliphatic carbocycles. The minimum Gasteiger partial charge on any atom is -0.365 e. The summed E-state index contributed by atoms with van der Waals surface area (Å²) in [5.74, 6) is 0. The summed E-state index contributed by atoms with van der Waals surface area (Å²) in [7, 11) is 1.84. The summed E-state index contributed by atoms with van der Waals surface area (Å²) in [4.78, 5) is 4.37. The number of aromatic nitrogens is 1. The van der Waals surface area contributed by atoms with Gasteiger partial charge in [-0.25, -0.2) is 4.98 Å². The molecule has 15 heavy (non-hydrogen) atoms. The number of rotatable bonds is 2. The van der Waals surface area contributed by atoms with Crippen molar-refractivity contribution < 1.29 is 0 Å². The lowest BCUT2D eigenvalue weighted by atomic mass is 10.2. The molecule has 0 saturated carbocycles. The van der Waals surface area contributed by atoms with Crippen LogP contribution in [-0.2, 0) is 0 Å². The number of nitrogens with one attached hydrogen (secondary N) is 1. The van der Waals surface area contributed by atoms with Crippen LogP contribution in [0.4, 0.5) is 5.13 Å². The highest BCUT2D eigenvalue weighted by Gasteiger charge is 2.07. The average molecular weight is 259 g/mol. The molecule has 0 atom stereocenters. The fraction of sp³-hybridized carbons (Fsp3) is 0.100. The van der Waals surface area contributed by atoms with Crippen LogP contribution in [0.1, 0.15) is 0 Å². The zero-order valence-electron chi connectivity index (χ0n) is 7.92. The Morgan fingerprint density at radius 1 is 1.33 bits per heavy atom. The molecule has 0 spiro atoms. The van der Waals surface area contributed by atoms with Crippen molar-refractivity contribution in [3.8, 4) is 11.3 Å². The molecular formula is C10H8Cl2N2S. The highest BCUT2D eigenvalue weighted by molar-refractivity contribution is 7.14. The van der Waals surface area contributed by atoms with Gasteiger partial charge in [-0.2, -0.15) is 0 Å². The van der Waals surface area contributed by atoms with Crippen molar-refractivity contribution in [2.45, 2.75) is 0 Å². The normalized spacial score (nSPS) is 10.3. The minimum atomic E-state index is 0.621. The van der Waals surface area contributed by atoms with Crippen molar-refractivity contribution in [2.24, 2.45) is 0 Å². The van der Waals surface area contributed by atoms with Crippen molar-refractivity contribution in [1.82, 2.24) is 4.98 Å². The highest BCUT2D eigenvalue weighted by Crippen LogP contribution is 2.32. The van der Waals surface area contributed by atoms with Crippen LogP contribution in [0.2, 0.25) is 10.0 Å². The Kier molecular flexibility index (Phi) is 3.14. The second-order valence-corrected chi connectivity index (χ2v) is 4.61. The van der Waals surface area contributed by atoms with E-state index >= 15 is 0 Å². The lowest BCUT2D eigenvalue weighted by Crippen LogP contribution is -1.86. The standard InChI is InChI=1S/C10H8Cl2N2S/c1-13-10-14-9(5-15-10)7-3-2-6(11)4-8(7)12/h2-5H,1H3,(H,13,14). The van der Waals surface area contributed by atoms with Crippen LogP contribution in [0, 0.1) is 0 Å². The van der Waals surface area contributed by atoms with Crippen LogP contribution in [0.25, 0.3) is 11.3 Å². The van der Waals surface area contributed by atoms with Crippen molar-refractivity contribution in [3.63, 3.8) is 0 Å². The third-order valence-corrected chi connectivity index (χ3v) is 3.33. The lowest BCUT2D eigenvalue weighted by Gasteiger charge is -2.00. The molecule has 2 rings (SSSR count). The van der Waals surface area contributed by atoms with Gasteiger partial charge >= 0.3 is 0 Å². The molecule has 78 valence electrons. The molecule has 5 heteroatoms. The molecule has 0 unspecified atom stereocenters. The zero-order chi connectivity index (χ0) is 10.8. The van der Waals surface area contributed by atoms with Gasteiger partial charge in [-0.1, -0.05) is 23.2 Å². The number of hydrogen-bond donors (Lipinski definition) is 1. The average Bonchev–Trinajstić information content (AvgIpc) is 2.66. The summed E-state index contributed by atoms with van der Waals surface area (Å²) in [5, 5.41) is 7.07. The fourth-order valence-electron chi connectivity index (χ4n) is 1.21. The molecule has 0 radical (unpaired) electrons. The molecule has 1 heterocycles. The van der Waals surface area contributed by atoms with Gasteiger partial charge in [-0.05, 0) is 18.2 Å². The van der Waals surface area contributed by atoms with Gasteiger partial charge in [0.05, 0.1) is 10.7 Å². The molecule has 2 aromatic rings. The van der Waals surface area contributed by atoms with Crippen LogP contribution in [0.15, 0.2) is 23.6 Å². The second kappa shape index (κ2) is 4.39. The van der Waals surface area contributed by atoms with Crippen LogP contribution < -0.4 is 5.32 Å². The van der Waals surface area contributed by atoms with E-state index in [0.717, 1.165) is 16.4 Å². The topological polar surface area (TPSA) is 24.9 Å². The van der Waals surface area contributed by atoms with E-state index in [1.807, 2.05) is 18.5 Å². The maximum atomic E-state index is 6.08. The molecule has 0 amide bonds. The Morgan fingerprint density at radius 2 is 2.13 bits per heavy atom. The molecule has 1 aromatic carbocycles. The summed E-state index contributed by atoms with van der Waals surface area (Å²) in [5.41, 5.74) is 1.77. The molecule has 0 fully saturated rings. The fourth-order valence-corrected chi connectivity index (χ4v) is 2.39. The number of hydrogen-bond acceptors (Lipinski definition) is 3. The van der Waals surface area contributed by atoms with Crippen LogP contribution in [-0.4, -0.2) is 12.0 Å². The molecule has 0 bridgehead atoms. The Bertz CT molecular complexity index is 482. The van der Waals surface area contributed by atoms with E-state index in [1.165, 1.54) is 0 Å². The Labute approximate surface area is 102 Å². The number of nitrogens with zero attached hydrogens (tertiary/aromatic N) is 1. The van der Waals surface area contributed by atoms with Crippen molar-refractivity contribution >= 4 is 39.7 Å². The smallest absolute Gasteiger partial charge is 0.182 e. The molecule has 0 aliphatic rings. The first kappa shape index (κ1) is 10.7. The maximum Gasteiger partial charge on any atom is 0.182 e. The Hall–Kier alpha value is -0.770. The van der Waals surface area contributed by atoms with E-state index in [2.05, 4.69) is 10.3 Å². The van der Waals surface area contributed by atoms with Gasteiger partial charge in [0, 0.05) is 23.0 Å². The summed E-state index contributed by atoms with van der Waals surface area (Å²) in [6, 6.07) is 5.40. The first-order valence-electron chi connectivity index (χ1n) is 4.29. The monoisotopic (exact) mass is 258 g/mol. The predicted octanol–water partition coefficient (Wildman–Crippen LogP) is 4.16. The summed E-state index contributed by atoms with van der Waals surface area (Å²) in [6.45, 7) is 0. The SMILES string of the molecule is CNc1nc(-c2ccc(Cl)cc2Cl)cs1. The largest absolute Gasteiger partial charge is 0.365 e. The van der Waals surface area contributed by atoms with Gasteiger partial charge in [-0.3, -0.25) is 0 Å². The van der Waals surface area contributed by atoms with Crippen LogP contribution in [0.5, 0.6) is 0 Å². The van der Waals surface area contributed by atoms with Crippen molar-refractivity contribution in [3.05, 3.63) is 33.6 Å². The van der Waals surface area contributed by atoms with Crippen LogP contribution >= 0.6 is 34.5 Å². The van der Waals surface area contributed by atoms with E-state index in [9.17, 15) is 0 Å². The van der Waals surface area contributed by atoms with Gasteiger partial charge in [-0.15, -0.1) is 11.3 Å². The summed E-state index contributed by atoms with van der Waals surface area (Å²) in [6.07, 6.45) is 0. The Morgan fingerprint density at radius 3 is 2.73 bits per heavy atom. The predicted molar refractivity (Wildman–Crippen MR) is 67.1 cm³/mol. The molecule has 2 nitrogen and oxygen atoms in total. The van der Waals surface area contributed by atoms with E-state index in [1.54, 1.807) is 23.5 Å². The Balaban J connectivity index is 2.44. The van der Waals surface area contributed by atoms with Crippen LogP contribution in [0.3, 0.4) is 0 Å². The van der Waals surface area contributed by atoms with E-state index in [0.29, 0.717) is 10.0 Å². The first-order chi connectivity index (χ1) is 7.20. The van der Waals surface area contributed by atoms with E-state index < -0.39 is 0 Å². The zero-order valence-corrected chi connectivity index (χ0v) is 10.2. The molecular weight excluding hydrogens is 251 g/mol. The number of halogens is 2. The van der Waals surface area contributed by atoms with Gasteiger partial charge in [0.2, 0.25) is 0 Å². The molecule has 0 aliphatic heterocycles. The first-order valence-corrected chi connectivity index (χ1v) is 5.93. The quantitative estimate of drug-likeness (QED) is 0.875.